The lowest BCUT2D eigenvalue weighted by atomic mass is 10.0. The standard InChI is InChI=1S/C17H18N2O/c1-2-19-12-16(11-18-19)17(20)10-13-7-8-14-5-3-4-6-15(14)9-13/h3-9,11-12,17,20H,2,10H2,1H3. The van der Waals surface area contributed by atoms with Crippen LogP contribution in [0.2, 0.25) is 0 Å². The van der Waals surface area contributed by atoms with Crippen molar-refractivity contribution in [1.29, 1.82) is 0 Å². The molecule has 0 bridgehead atoms. The second kappa shape index (κ2) is 5.47. The fourth-order valence-electron chi connectivity index (χ4n) is 2.43. The maximum Gasteiger partial charge on any atom is 0.0860 e. The van der Waals surface area contributed by atoms with E-state index in [1.165, 1.54) is 10.8 Å². The van der Waals surface area contributed by atoms with Crippen LogP contribution in [0, 0.1) is 0 Å². The number of hydrogen-bond donors (Lipinski definition) is 1. The Labute approximate surface area is 118 Å². The van der Waals surface area contributed by atoms with Crippen LogP contribution in [-0.2, 0) is 13.0 Å². The molecule has 0 radical (unpaired) electrons. The molecule has 1 unspecified atom stereocenters. The fourth-order valence-corrected chi connectivity index (χ4v) is 2.43. The minimum Gasteiger partial charge on any atom is -0.388 e. The molecule has 1 aromatic heterocycles. The SMILES string of the molecule is CCn1cc(C(O)Cc2ccc3ccccc3c2)cn1. The molecule has 2 aromatic carbocycles. The van der Waals surface area contributed by atoms with E-state index in [4.69, 9.17) is 0 Å². The lowest BCUT2D eigenvalue weighted by Crippen LogP contribution is -2.01. The molecule has 0 aliphatic rings. The summed E-state index contributed by atoms with van der Waals surface area (Å²) < 4.78 is 1.83. The highest BCUT2D eigenvalue weighted by Crippen LogP contribution is 2.21. The Morgan fingerprint density at radius 3 is 2.70 bits per heavy atom. The number of fused-ring (bicyclic) bond motifs is 1. The first kappa shape index (κ1) is 12.9. The van der Waals surface area contributed by atoms with Crippen molar-refractivity contribution in [2.75, 3.05) is 0 Å². The highest BCUT2D eigenvalue weighted by atomic mass is 16.3. The molecule has 0 saturated carbocycles. The van der Waals surface area contributed by atoms with Gasteiger partial charge in [-0.05, 0) is 23.3 Å². The molecule has 0 aliphatic carbocycles. The van der Waals surface area contributed by atoms with Crippen molar-refractivity contribution >= 4 is 10.8 Å². The molecule has 1 atom stereocenters. The number of aromatic nitrogens is 2. The van der Waals surface area contributed by atoms with E-state index in [0.717, 1.165) is 17.7 Å². The van der Waals surface area contributed by atoms with E-state index >= 15 is 0 Å². The van der Waals surface area contributed by atoms with Gasteiger partial charge in [0.1, 0.15) is 0 Å². The van der Waals surface area contributed by atoms with Crippen LogP contribution in [0.25, 0.3) is 10.8 Å². The minimum atomic E-state index is -0.503. The minimum absolute atomic E-state index is 0.503. The van der Waals surface area contributed by atoms with Gasteiger partial charge in [0.05, 0.1) is 12.3 Å². The maximum absolute atomic E-state index is 10.3. The summed E-state index contributed by atoms with van der Waals surface area (Å²) in [5, 5.41) is 16.9. The summed E-state index contributed by atoms with van der Waals surface area (Å²) in [4.78, 5) is 0. The number of benzene rings is 2. The normalized spacial score (nSPS) is 12.7. The predicted octanol–water partition coefficient (Wildman–Crippen LogP) is 3.33. The first-order valence-corrected chi connectivity index (χ1v) is 6.94. The zero-order chi connectivity index (χ0) is 13.9. The quantitative estimate of drug-likeness (QED) is 0.786. The molecule has 0 aliphatic heterocycles. The first-order chi connectivity index (χ1) is 9.76. The van der Waals surface area contributed by atoms with Crippen molar-refractivity contribution in [3.8, 4) is 0 Å². The van der Waals surface area contributed by atoms with E-state index in [9.17, 15) is 5.11 Å². The van der Waals surface area contributed by atoms with Gasteiger partial charge in [0.2, 0.25) is 0 Å². The Bertz CT molecular complexity index is 718. The van der Waals surface area contributed by atoms with Crippen molar-refractivity contribution in [1.82, 2.24) is 9.78 Å². The molecule has 102 valence electrons. The van der Waals surface area contributed by atoms with Crippen molar-refractivity contribution in [2.45, 2.75) is 26.0 Å². The van der Waals surface area contributed by atoms with E-state index < -0.39 is 6.10 Å². The predicted molar refractivity (Wildman–Crippen MR) is 80.5 cm³/mol. The average molecular weight is 266 g/mol. The summed E-state index contributed by atoms with van der Waals surface area (Å²) in [6.45, 7) is 2.86. The topological polar surface area (TPSA) is 38.0 Å². The molecule has 20 heavy (non-hydrogen) atoms. The molecule has 1 N–H and O–H groups in total. The van der Waals surface area contributed by atoms with Gasteiger partial charge in [-0.25, -0.2) is 0 Å². The van der Waals surface area contributed by atoms with Gasteiger partial charge in [-0.3, -0.25) is 4.68 Å². The molecule has 0 saturated heterocycles. The second-order valence-corrected chi connectivity index (χ2v) is 5.03. The van der Waals surface area contributed by atoms with Gasteiger partial charge < -0.3 is 5.11 Å². The third-order valence-corrected chi connectivity index (χ3v) is 3.60. The fraction of sp³-hybridized carbons (Fsp3) is 0.235. The van der Waals surface area contributed by atoms with Gasteiger partial charge in [0.15, 0.2) is 0 Å². The number of aliphatic hydroxyl groups excluding tert-OH is 1. The maximum atomic E-state index is 10.3. The Morgan fingerprint density at radius 1 is 1.15 bits per heavy atom. The van der Waals surface area contributed by atoms with Crippen LogP contribution in [-0.4, -0.2) is 14.9 Å². The van der Waals surface area contributed by atoms with Crippen molar-refractivity contribution in [2.24, 2.45) is 0 Å². The summed E-state index contributed by atoms with van der Waals surface area (Å²) in [6, 6.07) is 14.6. The molecule has 0 fully saturated rings. The van der Waals surface area contributed by atoms with Crippen molar-refractivity contribution in [3.05, 3.63) is 66.0 Å². The van der Waals surface area contributed by atoms with Crippen LogP contribution in [0.3, 0.4) is 0 Å². The summed E-state index contributed by atoms with van der Waals surface area (Å²) in [5.74, 6) is 0. The molecular weight excluding hydrogens is 248 g/mol. The first-order valence-electron chi connectivity index (χ1n) is 6.94. The monoisotopic (exact) mass is 266 g/mol. The Balaban J connectivity index is 1.81. The smallest absolute Gasteiger partial charge is 0.0860 e. The Kier molecular flexibility index (Phi) is 3.52. The van der Waals surface area contributed by atoms with Gasteiger partial charge in [-0.1, -0.05) is 42.5 Å². The summed E-state index contributed by atoms with van der Waals surface area (Å²) in [7, 11) is 0. The summed E-state index contributed by atoms with van der Waals surface area (Å²) >= 11 is 0. The van der Waals surface area contributed by atoms with Crippen LogP contribution in [0.5, 0.6) is 0 Å². The Morgan fingerprint density at radius 2 is 1.95 bits per heavy atom. The highest BCUT2D eigenvalue weighted by Gasteiger charge is 2.11. The number of hydrogen-bond acceptors (Lipinski definition) is 2. The average Bonchev–Trinajstić information content (AvgIpc) is 2.96. The zero-order valence-electron chi connectivity index (χ0n) is 11.5. The third-order valence-electron chi connectivity index (χ3n) is 3.60. The van der Waals surface area contributed by atoms with Gasteiger partial charge in [-0.2, -0.15) is 5.10 Å². The van der Waals surface area contributed by atoms with E-state index in [-0.39, 0.29) is 0 Å². The number of aliphatic hydroxyl groups is 1. The van der Waals surface area contributed by atoms with E-state index in [0.29, 0.717) is 6.42 Å². The van der Waals surface area contributed by atoms with Crippen LogP contribution in [0.15, 0.2) is 54.9 Å². The summed E-state index contributed by atoms with van der Waals surface area (Å²) in [6.07, 6.45) is 3.76. The van der Waals surface area contributed by atoms with Gasteiger partial charge in [-0.15, -0.1) is 0 Å². The van der Waals surface area contributed by atoms with Gasteiger partial charge >= 0.3 is 0 Å². The molecule has 0 spiro atoms. The van der Waals surface area contributed by atoms with Crippen LogP contribution < -0.4 is 0 Å². The molecule has 3 nitrogen and oxygen atoms in total. The van der Waals surface area contributed by atoms with Crippen LogP contribution in [0.4, 0.5) is 0 Å². The van der Waals surface area contributed by atoms with Crippen molar-refractivity contribution < 1.29 is 5.11 Å². The summed E-state index contributed by atoms with van der Waals surface area (Å²) in [5.41, 5.74) is 2.01. The molecule has 3 aromatic rings. The molecule has 3 heteroatoms. The lowest BCUT2D eigenvalue weighted by Gasteiger charge is -2.09. The number of nitrogens with zero attached hydrogens (tertiary/aromatic N) is 2. The van der Waals surface area contributed by atoms with Crippen LogP contribution >= 0.6 is 0 Å². The molecule has 3 rings (SSSR count). The second-order valence-electron chi connectivity index (χ2n) is 5.03. The molecule has 0 amide bonds. The van der Waals surface area contributed by atoms with E-state index in [1.54, 1.807) is 6.20 Å². The largest absolute Gasteiger partial charge is 0.388 e. The number of rotatable bonds is 4. The third kappa shape index (κ3) is 2.58. The van der Waals surface area contributed by atoms with Crippen LogP contribution in [0.1, 0.15) is 24.2 Å². The van der Waals surface area contributed by atoms with E-state index in [2.05, 4.69) is 35.4 Å². The zero-order valence-corrected chi connectivity index (χ0v) is 11.5. The molecular formula is C17H18N2O. The van der Waals surface area contributed by atoms with Gasteiger partial charge in [0, 0.05) is 24.7 Å². The lowest BCUT2D eigenvalue weighted by molar-refractivity contribution is 0.178. The highest BCUT2D eigenvalue weighted by molar-refractivity contribution is 5.82. The van der Waals surface area contributed by atoms with Gasteiger partial charge in [0.25, 0.3) is 0 Å². The Hall–Kier alpha value is -2.13. The molecule has 1 heterocycles. The van der Waals surface area contributed by atoms with Crippen molar-refractivity contribution in [3.63, 3.8) is 0 Å². The van der Waals surface area contributed by atoms with E-state index in [1.807, 2.05) is 29.9 Å². The number of aryl methyl sites for hydroxylation is 1.